The van der Waals surface area contributed by atoms with Gasteiger partial charge in [-0.25, -0.2) is 4.98 Å². The number of imidazole rings is 1. The summed E-state index contributed by atoms with van der Waals surface area (Å²) in [6.45, 7) is 0. The molecule has 1 aromatic heterocycles. The van der Waals surface area contributed by atoms with Gasteiger partial charge < -0.3 is 0 Å². The first-order chi connectivity index (χ1) is 21.3. The first kappa shape index (κ1) is 25.0. The third kappa shape index (κ3) is 4.41. The number of hydrogen-bond acceptors (Lipinski definition) is 1. The molecule has 0 aliphatic rings. The zero-order valence-electron chi connectivity index (χ0n) is 23.6. The fraction of sp³-hybridized carbons (Fsp3) is 0. The molecule has 43 heavy (non-hydrogen) atoms. The summed E-state index contributed by atoms with van der Waals surface area (Å²) < 4.78 is 2.32. The van der Waals surface area contributed by atoms with Crippen molar-refractivity contribution in [2.45, 2.75) is 0 Å². The highest BCUT2D eigenvalue weighted by molar-refractivity contribution is 6.12. The van der Waals surface area contributed by atoms with Crippen LogP contribution < -0.4 is 0 Å². The molecule has 0 saturated carbocycles. The molecule has 2 heteroatoms. The lowest BCUT2D eigenvalue weighted by Gasteiger charge is -2.16. The highest BCUT2D eigenvalue weighted by Crippen LogP contribution is 2.40. The van der Waals surface area contributed by atoms with E-state index in [0.29, 0.717) is 0 Å². The predicted molar refractivity (Wildman–Crippen MR) is 180 cm³/mol. The zero-order chi connectivity index (χ0) is 28.6. The smallest absolute Gasteiger partial charge is 0.145 e. The van der Waals surface area contributed by atoms with E-state index < -0.39 is 0 Å². The molecule has 0 saturated heterocycles. The second-order valence-electron chi connectivity index (χ2n) is 10.8. The first-order valence-corrected chi connectivity index (χ1v) is 14.7. The van der Waals surface area contributed by atoms with Crippen molar-refractivity contribution in [3.8, 4) is 50.7 Å². The second-order valence-corrected chi connectivity index (χ2v) is 10.8. The van der Waals surface area contributed by atoms with Crippen molar-refractivity contribution < 1.29 is 0 Å². The third-order valence-corrected chi connectivity index (χ3v) is 8.19. The van der Waals surface area contributed by atoms with Crippen LogP contribution in [0, 0.1) is 0 Å². The largest absolute Gasteiger partial charge is 0.292 e. The van der Waals surface area contributed by atoms with Crippen molar-refractivity contribution in [1.29, 1.82) is 0 Å². The van der Waals surface area contributed by atoms with Crippen molar-refractivity contribution in [1.82, 2.24) is 9.55 Å². The molecule has 7 aromatic carbocycles. The van der Waals surface area contributed by atoms with Crippen LogP contribution in [-0.4, -0.2) is 9.55 Å². The van der Waals surface area contributed by atoms with Gasteiger partial charge in [0.05, 0.1) is 11.4 Å². The Kier molecular flexibility index (Phi) is 6.16. The van der Waals surface area contributed by atoms with Crippen LogP contribution in [0.4, 0.5) is 0 Å². The van der Waals surface area contributed by atoms with Crippen LogP contribution in [0.3, 0.4) is 0 Å². The summed E-state index contributed by atoms with van der Waals surface area (Å²) in [4.78, 5) is 5.33. The minimum Gasteiger partial charge on any atom is -0.292 e. The number of fused-ring (bicyclic) bond motifs is 2. The fourth-order valence-corrected chi connectivity index (χ4v) is 6.21. The number of nitrogens with zero attached hydrogens (tertiary/aromatic N) is 2. The Hall–Kier alpha value is -5.73. The van der Waals surface area contributed by atoms with E-state index in [9.17, 15) is 0 Å². The second kappa shape index (κ2) is 10.6. The maximum atomic E-state index is 5.33. The van der Waals surface area contributed by atoms with E-state index >= 15 is 0 Å². The van der Waals surface area contributed by atoms with Crippen molar-refractivity contribution in [3.05, 3.63) is 170 Å². The Balaban J connectivity index is 1.38. The topological polar surface area (TPSA) is 17.8 Å². The lowest BCUT2D eigenvalue weighted by molar-refractivity contribution is 1.07. The molecule has 0 aliphatic heterocycles. The molecule has 0 N–H and O–H groups in total. The zero-order valence-corrected chi connectivity index (χ0v) is 23.6. The van der Waals surface area contributed by atoms with Gasteiger partial charge in [-0.15, -0.1) is 0 Å². The van der Waals surface area contributed by atoms with Crippen LogP contribution in [0.2, 0.25) is 0 Å². The van der Waals surface area contributed by atoms with Gasteiger partial charge in [0.15, 0.2) is 0 Å². The summed E-state index contributed by atoms with van der Waals surface area (Å²) in [7, 11) is 0. The Bertz CT molecular complexity index is 2140. The molecule has 0 unspecified atom stereocenters. The molecule has 0 atom stereocenters. The van der Waals surface area contributed by atoms with Gasteiger partial charge in [0.2, 0.25) is 0 Å². The molecule has 0 spiro atoms. The molecule has 0 fully saturated rings. The molecular formula is C41H28N2. The van der Waals surface area contributed by atoms with Crippen LogP contribution in [0.1, 0.15) is 0 Å². The average molecular weight is 549 g/mol. The van der Waals surface area contributed by atoms with Crippen LogP contribution in [0.5, 0.6) is 0 Å². The molecule has 0 bridgehead atoms. The van der Waals surface area contributed by atoms with E-state index in [0.717, 1.165) is 39.6 Å². The van der Waals surface area contributed by atoms with Gasteiger partial charge in [-0.05, 0) is 50.9 Å². The molecule has 202 valence electrons. The van der Waals surface area contributed by atoms with Gasteiger partial charge in [-0.2, -0.15) is 0 Å². The average Bonchev–Trinajstić information content (AvgIpc) is 3.49. The Morgan fingerprint density at radius 3 is 1.47 bits per heavy atom. The van der Waals surface area contributed by atoms with Crippen molar-refractivity contribution >= 4 is 21.5 Å². The van der Waals surface area contributed by atoms with Crippen LogP contribution in [-0.2, 0) is 0 Å². The van der Waals surface area contributed by atoms with E-state index in [1.165, 1.54) is 32.7 Å². The van der Waals surface area contributed by atoms with E-state index in [4.69, 9.17) is 4.98 Å². The van der Waals surface area contributed by atoms with E-state index in [1.54, 1.807) is 0 Å². The normalized spacial score (nSPS) is 11.3. The van der Waals surface area contributed by atoms with Gasteiger partial charge in [-0.3, -0.25) is 4.57 Å². The van der Waals surface area contributed by atoms with Gasteiger partial charge in [0, 0.05) is 22.4 Å². The number of aromatic nitrogens is 2. The van der Waals surface area contributed by atoms with Gasteiger partial charge in [0.1, 0.15) is 5.82 Å². The van der Waals surface area contributed by atoms with Gasteiger partial charge in [0.25, 0.3) is 0 Å². The van der Waals surface area contributed by atoms with E-state index in [1.807, 2.05) is 0 Å². The monoisotopic (exact) mass is 548 g/mol. The molecule has 0 amide bonds. The van der Waals surface area contributed by atoms with Gasteiger partial charge in [-0.1, -0.05) is 152 Å². The Morgan fingerprint density at radius 2 is 0.884 bits per heavy atom. The first-order valence-electron chi connectivity index (χ1n) is 14.7. The summed E-state index contributed by atoms with van der Waals surface area (Å²) in [5, 5.41) is 5.02. The highest BCUT2D eigenvalue weighted by Gasteiger charge is 2.22. The summed E-state index contributed by atoms with van der Waals surface area (Å²) in [6, 6.07) is 60.2. The third-order valence-electron chi connectivity index (χ3n) is 8.19. The van der Waals surface area contributed by atoms with E-state index in [2.05, 4.69) is 174 Å². The summed E-state index contributed by atoms with van der Waals surface area (Å²) >= 11 is 0. The summed E-state index contributed by atoms with van der Waals surface area (Å²) in [5.41, 5.74) is 8.87. The van der Waals surface area contributed by atoms with Crippen LogP contribution >= 0.6 is 0 Å². The minimum absolute atomic E-state index is 0.918. The molecule has 0 aliphatic carbocycles. The highest BCUT2D eigenvalue weighted by atomic mass is 15.1. The predicted octanol–water partition coefficient (Wildman–Crippen LogP) is 10.8. The molecule has 2 nitrogen and oxygen atoms in total. The molecule has 0 radical (unpaired) electrons. The summed E-state index contributed by atoms with van der Waals surface area (Å²) in [6.07, 6.45) is 0. The molecular weight excluding hydrogens is 520 g/mol. The minimum atomic E-state index is 0.918. The van der Waals surface area contributed by atoms with Crippen molar-refractivity contribution in [2.75, 3.05) is 0 Å². The number of rotatable bonds is 5. The molecule has 8 rings (SSSR count). The maximum Gasteiger partial charge on any atom is 0.145 e. The lowest BCUT2D eigenvalue weighted by atomic mass is 9.92. The number of hydrogen-bond donors (Lipinski definition) is 0. The quantitative estimate of drug-likeness (QED) is 0.196. The summed E-state index contributed by atoms with van der Waals surface area (Å²) in [5.74, 6) is 0.918. The van der Waals surface area contributed by atoms with Crippen molar-refractivity contribution in [2.24, 2.45) is 0 Å². The van der Waals surface area contributed by atoms with Crippen LogP contribution in [0.15, 0.2) is 170 Å². The van der Waals surface area contributed by atoms with Crippen molar-refractivity contribution in [3.63, 3.8) is 0 Å². The number of benzene rings is 7. The SMILES string of the molecule is c1ccc(-c2nc(-c3ccccc3)n(-c3ccc(-c4c5ccccc5cc5ccccc45)cc3)c2-c2ccccc2)cc1. The Morgan fingerprint density at radius 1 is 0.395 bits per heavy atom. The van der Waals surface area contributed by atoms with Gasteiger partial charge >= 0.3 is 0 Å². The Labute approximate surface area is 251 Å². The fourth-order valence-electron chi connectivity index (χ4n) is 6.21. The van der Waals surface area contributed by atoms with E-state index in [-0.39, 0.29) is 0 Å². The molecule has 8 aromatic rings. The van der Waals surface area contributed by atoms with Crippen LogP contribution in [0.25, 0.3) is 72.3 Å². The molecule has 1 heterocycles. The standard InChI is InChI=1S/C41H28N2/c1-4-14-30(15-5-1)39-40(31-16-6-2-7-17-31)43(41(42-39)32-18-8-3-9-19-32)35-26-24-29(25-27-35)38-36-22-12-10-20-33(36)28-34-21-11-13-23-37(34)38/h1-28H. The lowest BCUT2D eigenvalue weighted by Crippen LogP contribution is -2.00. The maximum absolute atomic E-state index is 5.33.